The van der Waals surface area contributed by atoms with Crippen molar-refractivity contribution in [1.29, 1.82) is 0 Å². The third kappa shape index (κ3) is 5.79. The fourth-order valence-corrected chi connectivity index (χ4v) is 3.00. The minimum absolute atomic E-state index is 0.192. The molecule has 3 rings (SSSR count). The summed E-state index contributed by atoms with van der Waals surface area (Å²) >= 11 is 0. The van der Waals surface area contributed by atoms with Gasteiger partial charge in [0.25, 0.3) is 0 Å². The van der Waals surface area contributed by atoms with Gasteiger partial charge in [0.1, 0.15) is 0 Å². The number of aryl methyl sites for hydroxylation is 1. The lowest BCUT2D eigenvalue weighted by atomic mass is 10.2. The summed E-state index contributed by atoms with van der Waals surface area (Å²) in [5.74, 6) is 1.67. The third-order valence-electron chi connectivity index (χ3n) is 4.54. The Bertz CT molecular complexity index is 709. The van der Waals surface area contributed by atoms with Gasteiger partial charge in [-0.1, -0.05) is 49.3 Å². The van der Waals surface area contributed by atoms with E-state index < -0.39 is 0 Å². The van der Waals surface area contributed by atoms with Gasteiger partial charge >= 0.3 is 6.09 Å². The number of nitrogens with zero attached hydrogens (tertiary/aromatic N) is 4. The fourth-order valence-electron chi connectivity index (χ4n) is 3.00. The SMILES string of the molecule is CC(C)COC(=O)N1CCN(CCCc2nc(-c3ccccc3)no2)CC1. The molecule has 27 heavy (non-hydrogen) atoms. The van der Waals surface area contributed by atoms with E-state index in [0.717, 1.165) is 51.1 Å². The lowest BCUT2D eigenvalue weighted by molar-refractivity contribution is 0.0688. The summed E-state index contributed by atoms with van der Waals surface area (Å²) in [6.45, 7) is 8.69. The first-order chi connectivity index (χ1) is 13.1. The second-order valence-corrected chi connectivity index (χ2v) is 7.28. The van der Waals surface area contributed by atoms with E-state index in [1.165, 1.54) is 0 Å². The van der Waals surface area contributed by atoms with Crippen LogP contribution in [0.1, 0.15) is 26.2 Å². The number of amides is 1. The van der Waals surface area contributed by atoms with Crippen molar-refractivity contribution in [2.75, 3.05) is 39.3 Å². The molecule has 1 aromatic heterocycles. The highest BCUT2D eigenvalue weighted by Crippen LogP contribution is 2.15. The van der Waals surface area contributed by atoms with Gasteiger partial charge in [-0.25, -0.2) is 4.79 Å². The van der Waals surface area contributed by atoms with Crippen molar-refractivity contribution in [2.45, 2.75) is 26.7 Å². The van der Waals surface area contributed by atoms with Crippen LogP contribution in [0.15, 0.2) is 34.9 Å². The largest absolute Gasteiger partial charge is 0.449 e. The molecule has 7 nitrogen and oxygen atoms in total. The third-order valence-corrected chi connectivity index (χ3v) is 4.54. The molecule has 0 atom stereocenters. The number of hydrogen-bond donors (Lipinski definition) is 0. The Balaban J connectivity index is 1.36. The Morgan fingerprint density at radius 2 is 1.93 bits per heavy atom. The van der Waals surface area contributed by atoms with Crippen molar-refractivity contribution in [3.05, 3.63) is 36.2 Å². The Morgan fingerprint density at radius 3 is 2.63 bits per heavy atom. The second-order valence-electron chi connectivity index (χ2n) is 7.28. The smallest absolute Gasteiger partial charge is 0.409 e. The number of carbonyl (C=O) groups excluding carboxylic acids is 1. The minimum Gasteiger partial charge on any atom is -0.449 e. The van der Waals surface area contributed by atoms with Gasteiger partial charge in [-0.2, -0.15) is 4.98 Å². The molecule has 2 aromatic rings. The van der Waals surface area contributed by atoms with Gasteiger partial charge in [0.15, 0.2) is 0 Å². The van der Waals surface area contributed by atoms with E-state index in [1.54, 1.807) is 4.90 Å². The zero-order chi connectivity index (χ0) is 19.1. The number of aromatic nitrogens is 2. The molecule has 1 aliphatic rings. The maximum Gasteiger partial charge on any atom is 0.409 e. The fraction of sp³-hybridized carbons (Fsp3) is 0.550. The van der Waals surface area contributed by atoms with Crippen molar-refractivity contribution in [3.8, 4) is 11.4 Å². The Morgan fingerprint density at radius 1 is 1.19 bits per heavy atom. The summed E-state index contributed by atoms with van der Waals surface area (Å²) < 4.78 is 10.7. The van der Waals surface area contributed by atoms with Gasteiger partial charge in [0, 0.05) is 38.2 Å². The van der Waals surface area contributed by atoms with Crippen LogP contribution < -0.4 is 0 Å². The maximum atomic E-state index is 12.0. The molecule has 0 radical (unpaired) electrons. The first-order valence-corrected chi connectivity index (χ1v) is 9.64. The summed E-state index contributed by atoms with van der Waals surface area (Å²) in [4.78, 5) is 20.6. The molecule has 7 heteroatoms. The van der Waals surface area contributed by atoms with Crippen molar-refractivity contribution in [1.82, 2.24) is 19.9 Å². The quantitative estimate of drug-likeness (QED) is 0.744. The summed E-state index contributed by atoms with van der Waals surface area (Å²) in [6, 6.07) is 9.84. The highest BCUT2D eigenvalue weighted by Gasteiger charge is 2.22. The van der Waals surface area contributed by atoms with Crippen LogP contribution in [0.3, 0.4) is 0 Å². The minimum atomic E-state index is -0.192. The van der Waals surface area contributed by atoms with Gasteiger partial charge < -0.3 is 14.2 Å². The van der Waals surface area contributed by atoms with E-state index in [9.17, 15) is 4.79 Å². The van der Waals surface area contributed by atoms with Crippen molar-refractivity contribution in [2.24, 2.45) is 5.92 Å². The molecule has 0 aliphatic carbocycles. The normalized spacial score (nSPS) is 15.3. The summed E-state index contributed by atoms with van der Waals surface area (Å²) in [5.41, 5.74) is 0.966. The van der Waals surface area contributed by atoms with E-state index >= 15 is 0 Å². The van der Waals surface area contributed by atoms with Gasteiger partial charge in [-0.3, -0.25) is 4.90 Å². The highest BCUT2D eigenvalue weighted by atomic mass is 16.6. The van der Waals surface area contributed by atoms with Crippen molar-refractivity contribution >= 4 is 6.09 Å². The molecule has 1 aliphatic heterocycles. The molecule has 0 N–H and O–H groups in total. The molecule has 0 unspecified atom stereocenters. The molecule has 146 valence electrons. The van der Waals surface area contributed by atoms with E-state index in [0.29, 0.717) is 24.2 Å². The molecule has 1 saturated heterocycles. The zero-order valence-corrected chi connectivity index (χ0v) is 16.1. The monoisotopic (exact) mass is 372 g/mol. The molecule has 0 spiro atoms. The standard InChI is InChI=1S/C20H28N4O3/c1-16(2)15-26-20(25)24-13-11-23(12-14-24)10-6-9-18-21-19(22-27-18)17-7-4-3-5-8-17/h3-5,7-8,16H,6,9-15H2,1-2H3. The molecule has 1 aromatic carbocycles. The van der Waals surface area contributed by atoms with Crippen LogP contribution in [0.25, 0.3) is 11.4 Å². The first kappa shape index (κ1) is 19.4. The molecule has 1 fully saturated rings. The molecular weight excluding hydrogens is 344 g/mol. The zero-order valence-electron chi connectivity index (χ0n) is 16.1. The van der Waals surface area contributed by atoms with E-state index in [1.807, 2.05) is 44.2 Å². The van der Waals surface area contributed by atoms with Gasteiger partial charge in [0.2, 0.25) is 11.7 Å². The lowest BCUT2D eigenvalue weighted by Crippen LogP contribution is -2.49. The van der Waals surface area contributed by atoms with Crippen molar-refractivity contribution < 1.29 is 14.1 Å². The first-order valence-electron chi connectivity index (χ1n) is 9.64. The number of piperazine rings is 1. The predicted octanol–water partition coefficient (Wildman–Crippen LogP) is 3.08. The van der Waals surface area contributed by atoms with E-state index in [4.69, 9.17) is 9.26 Å². The number of rotatable bonds is 7. The Labute approximate surface area is 160 Å². The molecular formula is C20H28N4O3. The van der Waals surface area contributed by atoms with Crippen LogP contribution in [0.2, 0.25) is 0 Å². The van der Waals surface area contributed by atoms with Crippen LogP contribution in [-0.2, 0) is 11.2 Å². The van der Waals surface area contributed by atoms with Crippen LogP contribution in [0, 0.1) is 5.92 Å². The summed E-state index contributed by atoms with van der Waals surface area (Å²) in [6.07, 6.45) is 1.52. The number of carbonyl (C=O) groups is 1. The average molecular weight is 372 g/mol. The average Bonchev–Trinajstić information content (AvgIpc) is 3.16. The van der Waals surface area contributed by atoms with Crippen LogP contribution in [0.5, 0.6) is 0 Å². The topological polar surface area (TPSA) is 71.7 Å². The maximum absolute atomic E-state index is 12.0. The predicted molar refractivity (Wildman–Crippen MR) is 102 cm³/mol. The van der Waals surface area contributed by atoms with Gasteiger partial charge in [0.05, 0.1) is 6.61 Å². The van der Waals surface area contributed by atoms with Crippen LogP contribution >= 0.6 is 0 Å². The number of benzene rings is 1. The summed E-state index contributed by atoms with van der Waals surface area (Å²) in [5, 5.41) is 4.05. The molecule has 0 saturated carbocycles. The lowest BCUT2D eigenvalue weighted by Gasteiger charge is -2.34. The number of ether oxygens (including phenoxy) is 1. The summed E-state index contributed by atoms with van der Waals surface area (Å²) in [7, 11) is 0. The van der Waals surface area contributed by atoms with Gasteiger partial charge in [-0.05, 0) is 18.9 Å². The molecule has 1 amide bonds. The highest BCUT2D eigenvalue weighted by molar-refractivity contribution is 5.67. The Kier molecular flexibility index (Phi) is 6.81. The van der Waals surface area contributed by atoms with Crippen LogP contribution in [0.4, 0.5) is 4.79 Å². The van der Waals surface area contributed by atoms with E-state index in [-0.39, 0.29) is 6.09 Å². The van der Waals surface area contributed by atoms with E-state index in [2.05, 4.69) is 15.0 Å². The van der Waals surface area contributed by atoms with Gasteiger partial charge in [-0.15, -0.1) is 0 Å². The molecule has 0 bridgehead atoms. The van der Waals surface area contributed by atoms with Crippen LogP contribution in [-0.4, -0.2) is 65.4 Å². The Hall–Kier alpha value is -2.41. The van der Waals surface area contributed by atoms with Crippen molar-refractivity contribution in [3.63, 3.8) is 0 Å². The number of hydrogen-bond acceptors (Lipinski definition) is 6. The second kappa shape index (κ2) is 9.50. The molecule has 2 heterocycles.